The Bertz CT molecular complexity index is 595. The molecule has 0 spiro atoms. The van der Waals surface area contributed by atoms with Crippen LogP contribution in [0.1, 0.15) is 71.6 Å². The van der Waals surface area contributed by atoms with E-state index in [1.54, 1.807) is 0 Å². The van der Waals surface area contributed by atoms with E-state index in [1.807, 2.05) is 0 Å². The number of amides is 1. The fraction of sp³-hybridized carbons (Fsp3) is 0.857. The first-order chi connectivity index (χ1) is 11.5. The highest BCUT2D eigenvalue weighted by atomic mass is 16.5. The minimum absolute atomic E-state index is 0.202. The van der Waals surface area contributed by atoms with Crippen LogP contribution in [-0.2, 0) is 9.53 Å². The number of carbonyl (C=O) groups is 1. The number of ether oxygens (including phenoxy) is 1. The molecule has 4 fully saturated rings. The van der Waals surface area contributed by atoms with Crippen LogP contribution in [0.4, 0.5) is 0 Å². The van der Waals surface area contributed by atoms with Crippen LogP contribution in [0.3, 0.4) is 0 Å². The summed E-state index contributed by atoms with van der Waals surface area (Å²) in [7, 11) is 0. The van der Waals surface area contributed by atoms with Gasteiger partial charge < -0.3 is 10.1 Å². The Labute approximate surface area is 145 Å². The Hall–Kier alpha value is -0.830. The molecule has 1 aliphatic heterocycles. The molecule has 1 amide bonds. The van der Waals surface area contributed by atoms with Gasteiger partial charge in [0.05, 0.1) is 12.2 Å². The van der Waals surface area contributed by atoms with E-state index in [0.29, 0.717) is 24.0 Å². The van der Waals surface area contributed by atoms with Gasteiger partial charge in [0.1, 0.15) is 0 Å². The maximum absolute atomic E-state index is 11.8. The molecule has 4 aliphatic carbocycles. The van der Waals surface area contributed by atoms with Crippen LogP contribution in [0.5, 0.6) is 0 Å². The number of allylic oxidation sites excluding steroid dienone is 2. The topological polar surface area (TPSA) is 38.3 Å². The molecule has 1 heterocycles. The zero-order valence-corrected chi connectivity index (χ0v) is 15.1. The lowest BCUT2D eigenvalue weighted by Gasteiger charge is -2.57. The molecule has 1 saturated heterocycles. The number of rotatable bonds is 2. The third-order valence-corrected chi connectivity index (χ3v) is 8.40. The van der Waals surface area contributed by atoms with Crippen molar-refractivity contribution < 1.29 is 9.53 Å². The number of hydrogen-bond acceptors (Lipinski definition) is 2. The van der Waals surface area contributed by atoms with Crippen molar-refractivity contribution >= 4 is 5.91 Å². The molecule has 5 rings (SSSR count). The lowest BCUT2D eigenvalue weighted by Crippen LogP contribution is -2.54. The molecule has 3 nitrogen and oxygen atoms in total. The Morgan fingerprint density at radius 3 is 2.71 bits per heavy atom. The van der Waals surface area contributed by atoms with Crippen LogP contribution in [0.15, 0.2) is 11.8 Å². The van der Waals surface area contributed by atoms with Gasteiger partial charge in [-0.05, 0) is 74.5 Å². The summed E-state index contributed by atoms with van der Waals surface area (Å²) in [6.07, 6.45) is 14.2. The first kappa shape index (κ1) is 15.4. The Kier molecular flexibility index (Phi) is 3.27. The smallest absolute Gasteiger partial charge is 0.224 e. The van der Waals surface area contributed by atoms with Gasteiger partial charge in [-0.25, -0.2) is 0 Å². The molecule has 5 aliphatic rings. The quantitative estimate of drug-likeness (QED) is 0.825. The van der Waals surface area contributed by atoms with Crippen LogP contribution >= 0.6 is 0 Å². The third-order valence-electron chi connectivity index (χ3n) is 8.40. The number of piperidine rings is 1. The zero-order valence-electron chi connectivity index (χ0n) is 15.1. The fourth-order valence-electron chi connectivity index (χ4n) is 6.81. The molecule has 1 N–H and O–H groups in total. The molecule has 0 aromatic heterocycles. The summed E-state index contributed by atoms with van der Waals surface area (Å²) >= 11 is 0. The Balaban J connectivity index is 1.43. The highest BCUT2D eigenvalue weighted by molar-refractivity contribution is 5.79. The lowest BCUT2D eigenvalue weighted by molar-refractivity contribution is -0.126. The molecule has 0 aromatic carbocycles. The van der Waals surface area contributed by atoms with Gasteiger partial charge in [0.15, 0.2) is 0 Å². The summed E-state index contributed by atoms with van der Waals surface area (Å²) < 4.78 is 6.45. The summed E-state index contributed by atoms with van der Waals surface area (Å²) in [6.45, 7) is 4.95. The number of carbonyl (C=O) groups excluding carboxylic acids is 1. The second kappa shape index (κ2) is 5.09. The van der Waals surface area contributed by atoms with E-state index in [-0.39, 0.29) is 11.3 Å². The molecular weight excluding hydrogens is 298 g/mol. The van der Waals surface area contributed by atoms with Crippen molar-refractivity contribution in [1.29, 1.82) is 0 Å². The van der Waals surface area contributed by atoms with Gasteiger partial charge in [-0.3, -0.25) is 4.79 Å². The third kappa shape index (κ3) is 2.09. The number of hydrogen-bond donors (Lipinski definition) is 1. The van der Waals surface area contributed by atoms with Crippen LogP contribution in [0.25, 0.3) is 0 Å². The second-order valence-electron chi connectivity index (χ2n) is 9.64. The summed E-state index contributed by atoms with van der Waals surface area (Å²) in [5.41, 5.74) is 1.84. The van der Waals surface area contributed by atoms with E-state index in [0.717, 1.165) is 30.6 Å². The van der Waals surface area contributed by atoms with Crippen molar-refractivity contribution in [3.05, 3.63) is 11.8 Å². The van der Waals surface area contributed by atoms with Gasteiger partial charge in [0.25, 0.3) is 0 Å². The molecule has 24 heavy (non-hydrogen) atoms. The van der Waals surface area contributed by atoms with Crippen LogP contribution in [-0.4, -0.2) is 18.1 Å². The molecule has 0 bridgehead atoms. The van der Waals surface area contributed by atoms with Crippen molar-refractivity contribution in [2.75, 3.05) is 0 Å². The first-order valence-corrected chi connectivity index (χ1v) is 10.2. The van der Waals surface area contributed by atoms with Crippen LogP contribution in [0, 0.1) is 28.6 Å². The van der Waals surface area contributed by atoms with Crippen LogP contribution < -0.4 is 5.32 Å². The van der Waals surface area contributed by atoms with Gasteiger partial charge in [-0.2, -0.15) is 0 Å². The normalized spacial score (nSPS) is 50.4. The molecule has 3 heteroatoms. The molecule has 132 valence electrons. The largest absolute Gasteiger partial charge is 0.374 e. The van der Waals surface area contributed by atoms with Gasteiger partial charge in [0.2, 0.25) is 5.91 Å². The molecule has 6 atom stereocenters. The van der Waals surface area contributed by atoms with Gasteiger partial charge in [-0.15, -0.1) is 0 Å². The van der Waals surface area contributed by atoms with E-state index in [9.17, 15) is 4.79 Å². The van der Waals surface area contributed by atoms with E-state index in [4.69, 9.17) is 4.74 Å². The van der Waals surface area contributed by atoms with Crippen molar-refractivity contribution in [2.24, 2.45) is 28.6 Å². The summed E-state index contributed by atoms with van der Waals surface area (Å²) in [5.74, 6) is 2.57. The molecule has 0 unspecified atom stereocenters. The van der Waals surface area contributed by atoms with Gasteiger partial charge in [0, 0.05) is 17.5 Å². The molecule has 3 saturated carbocycles. The number of nitrogens with one attached hydrogen (secondary N) is 1. The Morgan fingerprint density at radius 1 is 1.08 bits per heavy atom. The van der Waals surface area contributed by atoms with Crippen molar-refractivity contribution in [2.45, 2.75) is 83.8 Å². The van der Waals surface area contributed by atoms with Crippen molar-refractivity contribution in [3.63, 3.8) is 0 Å². The average Bonchev–Trinajstić information content (AvgIpc) is 3.31. The minimum Gasteiger partial charge on any atom is -0.374 e. The summed E-state index contributed by atoms with van der Waals surface area (Å²) in [6, 6.07) is 0. The van der Waals surface area contributed by atoms with Gasteiger partial charge >= 0.3 is 0 Å². The molecule has 0 aromatic rings. The number of fused-ring (bicyclic) bond motifs is 5. The van der Waals surface area contributed by atoms with Crippen LogP contribution in [0.2, 0.25) is 0 Å². The summed E-state index contributed by atoms with van der Waals surface area (Å²) in [5, 5.41) is 3.20. The van der Waals surface area contributed by atoms with E-state index in [2.05, 4.69) is 25.2 Å². The van der Waals surface area contributed by atoms with E-state index in [1.165, 1.54) is 44.2 Å². The standard InChI is InChI=1S/C21H31NO2/c1-20-12-10-19(23)22-17(20)7-5-14-15-6-8-18(24-13-3-4-13)21(15,2)11-9-16(14)20/h7,13-16,18H,3-6,8-12H2,1-2H3,(H,22,23)/t14-,15-,16-,18-,20+,21-/m0/s1. The van der Waals surface area contributed by atoms with E-state index >= 15 is 0 Å². The first-order valence-electron chi connectivity index (χ1n) is 10.2. The van der Waals surface area contributed by atoms with Crippen molar-refractivity contribution in [3.8, 4) is 0 Å². The predicted molar refractivity (Wildman–Crippen MR) is 93.1 cm³/mol. The predicted octanol–water partition coefficient (Wildman–Crippen LogP) is 4.18. The average molecular weight is 329 g/mol. The monoisotopic (exact) mass is 329 g/mol. The molecule has 0 radical (unpaired) electrons. The maximum atomic E-state index is 11.8. The highest BCUT2D eigenvalue weighted by Crippen LogP contribution is 2.64. The maximum Gasteiger partial charge on any atom is 0.224 e. The van der Waals surface area contributed by atoms with E-state index < -0.39 is 0 Å². The zero-order chi connectivity index (χ0) is 16.5. The Morgan fingerprint density at radius 2 is 1.92 bits per heavy atom. The minimum atomic E-state index is 0.202. The second-order valence-corrected chi connectivity index (χ2v) is 9.64. The summed E-state index contributed by atoms with van der Waals surface area (Å²) in [4.78, 5) is 11.8. The van der Waals surface area contributed by atoms with Crippen molar-refractivity contribution in [1.82, 2.24) is 5.32 Å². The van der Waals surface area contributed by atoms with Gasteiger partial charge in [-0.1, -0.05) is 19.9 Å². The fourth-order valence-corrected chi connectivity index (χ4v) is 6.81. The molecular formula is C21H31NO2. The SMILES string of the molecule is C[C@]12CC[C@H]3[C@@H](CC=C4NC(=O)CC[C@@]43C)[C@@H]1CC[C@@H]2OC1CC1. The highest BCUT2D eigenvalue weighted by Gasteiger charge is 2.59. The lowest BCUT2D eigenvalue weighted by atomic mass is 9.50.